The molecule has 3 rings (SSSR count). The zero-order valence-electron chi connectivity index (χ0n) is 20.3. The molecule has 3 aromatic rings. The average Bonchev–Trinajstić information content (AvgIpc) is 3.32. The van der Waals surface area contributed by atoms with Crippen LogP contribution in [0, 0.1) is 11.3 Å². The van der Waals surface area contributed by atoms with E-state index >= 15 is 0 Å². The summed E-state index contributed by atoms with van der Waals surface area (Å²) >= 11 is 0. The first-order valence-electron chi connectivity index (χ1n) is 11.8. The van der Waals surface area contributed by atoms with Gasteiger partial charge in [0.15, 0.2) is 0 Å². The Bertz CT molecular complexity index is 1120. The largest absolute Gasteiger partial charge is 0.493 e. The molecule has 0 bridgehead atoms. The van der Waals surface area contributed by atoms with Crippen molar-refractivity contribution in [1.29, 1.82) is 5.26 Å². The van der Waals surface area contributed by atoms with Gasteiger partial charge in [-0.3, -0.25) is 0 Å². The Morgan fingerprint density at radius 1 is 1.11 bits per heavy atom. The lowest BCUT2D eigenvalue weighted by molar-refractivity contribution is 0.0495. The number of imidazole rings is 1. The number of nitriles is 1. The molecular weight excluding hydrogens is 464 g/mol. The molecule has 0 aliphatic carbocycles. The molecular formula is C27H33ClN4O3. The number of halogens is 1. The number of rotatable bonds is 12. The molecule has 0 fully saturated rings. The van der Waals surface area contributed by atoms with Crippen molar-refractivity contribution in [3.63, 3.8) is 0 Å². The molecule has 0 saturated heterocycles. The van der Waals surface area contributed by atoms with Crippen molar-refractivity contribution in [2.45, 2.75) is 52.0 Å². The number of nitrogens with two attached hydrogens (primary N) is 1. The molecule has 0 aliphatic heterocycles. The Balaban J connectivity index is 0.00000432. The van der Waals surface area contributed by atoms with Gasteiger partial charge >= 0.3 is 5.97 Å². The number of nitrogens with one attached hydrogen (secondary N) is 1. The van der Waals surface area contributed by atoms with Crippen molar-refractivity contribution in [3.05, 3.63) is 71.2 Å². The van der Waals surface area contributed by atoms with Gasteiger partial charge in [0.05, 0.1) is 30.5 Å². The molecule has 186 valence electrons. The van der Waals surface area contributed by atoms with Gasteiger partial charge in [-0.05, 0) is 42.7 Å². The smallest absolute Gasteiger partial charge is 0.341 e. The van der Waals surface area contributed by atoms with E-state index in [9.17, 15) is 4.79 Å². The molecule has 0 amide bonds. The zero-order chi connectivity index (χ0) is 24.3. The molecule has 0 spiro atoms. The quantitative estimate of drug-likeness (QED) is 0.244. The van der Waals surface area contributed by atoms with Crippen molar-refractivity contribution in [2.75, 3.05) is 13.2 Å². The Morgan fingerprint density at radius 2 is 1.83 bits per heavy atom. The fourth-order valence-electron chi connectivity index (χ4n) is 3.43. The van der Waals surface area contributed by atoms with Crippen LogP contribution in [-0.4, -0.2) is 29.2 Å². The Kier molecular flexibility index (Phi) is 11.3. The summed E-state index contributed by atoms with van der Waals surface area (Å²) in [5.74, 6) is 0.865. The van der Waals surface area contributed by atoms with Crippen molar-refractivity contribution in [3.8, 4) is 23.1 Å². The minimum Gasteiger partial charge on any atom is -0.493 e. The minimum absolute atomic E-state index is 0. The van der Waals surface area contributed by atoms with Crippen molar-refractivity contribution < 1.29 is 14.3 Å². The van der Waals surface area contributed by atoms with Crippen LogP contribution in [0.15, 0.2) is 48.7 Å². The van der Waals surface area contributed by atoms with Gasteiger partial charge < -0.3 is 20.2 Å². The maximum atomic E-state index is 12.7. The van der Waals surface area contributed by atoms with Gasteiger partial charge in [-0.1, -0.05) is 44.9 Å². The van der Waals surface area contributed by atoms with Gasteiger partial charge in [-0.25, -0.2) is 9.78 Å². The summed E-state index contributed by atoms with van der Waals surface area (Å²) in [7, 11) is 0. The van der Waals surface area contributed by atoms with Crippen LogP contribution in [0.4, 0.5) is 0 Å². The second-order valence-corrected chi connectivity index (χ2v) is 8.18. The molecule has 0 saturated carbocycles. The first-order chi connectivity index (χ1) is 16.5. The maximum absolute atomic E-state index is 12.7. The van der Waals surface area contributed by atoms with Crippen LogP contribution in [0.5, 0.6) is 5.75 Å². The summed E-state index contributed by atoms with van der Waals surface area (Å²) in [6.07, 6.45) is 5.97. The van der Waals surface area contributed by atoms with Crippen LogP contribution >= 0.6 is 12.4 Å². The second-order valence-electron chi connectivity index (χ2n) is 8.18. The lowest BCUT2D eigenvalue weighted by Crippen LogP contribution is -2.16. The third kappa shape index (κ3) is 7.84. The SMILES string of the molecule is CCCCOC(=O)c1cc(C(N)Cc2nc(-c3ccc(C#N)cc3)c[nH]2)ccc1OCCCC.Cl. The number of hydrogen-bond acceptors (Lipinski definition) is 6. The van der Waals surface area contributed by atoms with E-state index in [1.54, 1.807) is 24.3 Å². The lowest BCUT2D eigenvalue weighted by Gasteiger charge is -2.16. The summed E-state index contributed by atoms with van der Waals surface area (Å²) in [4.78, 5) is 20.6. The molecule has 1 heterocycles. The number of benzene rings is 2. The molecule has 1 aromatic heterocycles. The zero-order valence-corrected chi connectivity index (χ0v) is 21.1. The molecule has 8 heteroatoms. The van der Waals surface area contributed by atoms with Gasteiger partial charge in [-0.2, -0.15) is 5.26 Å². The topological polar surface area (TPSA) is 114 Å². The molecule has 35 heavy (non-hydrogen) atoms. The lowest BCUT2D eigenvalue weighted by atomic mass is 10.0. The fraction of sp³-hybridized carbons (Fsp3) is 0.370. The standard InChI is InChI=1S/C27H32N4O3.ClH/c1-3-5-13-33-25-12-11-21(15-22(25)27(32)34-14-6-4-2)23(29)16-26-30-18-24(31-26)20-9-7-19(17-28)8-10-20;/h7-12,15,18,23H,3-6,13-14,16,29H2,1-2H3,(H,30,31);1H. The highest BCUT2D eigenvalue weighted by Crippen LogP contribution is 2.26. The van der Waals surface area contributed by atoms with Gasteiger partial charge in [0.25, 0.3) is 0 Å². The van der Waals surface area contributed by atoms with E-state index in [0.29, 0.717) is 36.5 Å². The summed E-state index contributed by atoms with van der Waals surface area (Å²) in [5.41, 5.74) is 10.00. The normalized spacial score (nSPS) is 11.3. The van der Waals surface area contributed by atoms with E-state index in [2.05, 4.69) is 23.0 Å². The van der Waals surface area contributed by atoms with E-state index in [0.717, 1.165) is 48.3 Å². The Morgan fingerprint density at radius 3 is 2.51 bits per heavy atom. The minimum atomic E-state index is -0.393. The van der Waals surface area contributed by atoms with Crippen LogP contribution in [0.25, 0.3) is 11.3 Å². The van der Waals surface area contributed by atoms with E-state index < -0.39 is 5.97 Å². The molecule has 1 unspecified atom stereocenters. The highest BCUT2D eigenvalue weighted by molar-refractivity contribution is 5.92. The molecule has 7 nitrogen and oxygen atoms in total. The van der Waals surface area contributed by atoms with Crippen LogP contribution in [0.3, 0.4) is 0 Å². The summed E-state index contributed by atoms with van der Waals surface area (Å²) < 4.78 is 11.3. The number of carbonyl (C=O) groups excluding carboxylic acids is 1. The Labute approximate surface area is 213 Å². The van der Waals surface area contributed by atoms with Crippen LogP contribution in [0.2, 0.25) is 0 Å². The molecule has 3 N–H and O–H groups in total. The second kappa shape index (κ2) is 14.1. The highest BCUT2D eigenvalue weighted by Gasteiger charge is 2.19. The number of ether oxygens (including phenoxy) is 2. The number of aromatic amines is 1. The summed E-state index contributed by atoms with van der Waals surface area (Å²) in [6.45, 7) is 5.06. The van der Waals surface area contributed by atoms with Gasteiger partial charge in [0, 0.05) is 24.2 Å². The van der Waals surface area contributed by atoms with Crippen molar-refractivity contribution in [1.82, 2.24) is 9.97 Å². The predicted octanol–water partition coefficient (Wildman–Crippen LogP) is 5.75. The number of aromatic nitrogens is 2. The van der Waals surface area contributed by atoms with E-state index in [1.165, 1.54) is 0 Å². The van der Waals surface area contributed by atoms with Crippen LogP contribution in [0.1, 0.15) is 72.9 Å². The monoisotopic (exact) mass is 496 g/mol. The number of carbonyl (C=O) groups is 1. The number of unbranched alkanes of at least 4 members (excludes halogenated alkanes) is 2. The average molecular weight is 497 g/mol. The van der Waals surface area contributed by atoms with Crippen LogP contribution < -0.4 is 10.5 Å². The molecule has 1 atom stereocenters. The highest BCUT2D eigenvalue weighted by atomic mass is 35.5. The molecule has 0 radical (unpaired) electrons. The fourth-order valence-corrected chi connectivity index (χ4v) is 3.43. The van der Waals surface area contributed by atoms with E-state index in [-0.39, 0.29) is 18.4 Å². The molecule has 0 aliphatic rings. The number of esters is 1. The van der Waals surface area contributed by atoms with Crippen LogP contribution in [-0.2, 0) is 11.2 Å². The third-order valence-electron chi connectivity index (χ3n) is 5.49. The summed E-state index contributed by atoms with van der Waals surface area (Å²) in [5, 5.41) is 8.97. The number of hydrogen-bond donors (Lipinski definition) is 2. The first kappa shape index (κ1) is 27.9. The van der Waals surface area contributed by atoms with Crippen molar-refractivity contribution >= 4 is 18.4 Å². The number of nitrogens with zero attached hydrogens (tertiary/aromatic N) is 2. The van der Waals surface area contributed by atoms with Gasteiger partial charge in [0.1, 0.15) is 17.1 Å². The van der Waals surface area contributed by atoms with Crippen molar-refractivity contribution in [2.24, 2.45) is 5.73 Å². The first-order valence-corrected chi connectivity index (χ1v) is 11.8. The number of H-pyrrole nitrogens is 1. The molecule has 2 aromatic carbocycles. The van der Waals surface area contributed by atoms with Gasteiger partial charge in [-0.15, -0.1) is 12.4 Å². The van der Waals surface area contributed by atoms with E-state index in [1.807, 2.05) is 31.3 Å². The Hall–Kier alpha value is -3.34. The summed E-state index contributed by atoms with van der Waals surface area (Å²) in [6, 6.07) is 14.5. The maximum Gasteiger partial charge on any atom is 0.341 e. The third-order valence-corrected chi connectivity index (χ3v) is 5.49. The van der Waals surface area contributed by atoms with E-state index in [4.69, 9.17) is 20.5 Å². The van der Waals surface area contributed by atoms with Gasteiger partial charge in [0.2, 0.25) is 0 Å². The predicted molar refractivity (Wildman–Crippen MR) is 139 cm³/mol.